The fourth-order valence-corrected chi connectivity index (χ4v) is 3.09. The molecule has 0 bridgehead atoms. The molecule has 1 heterocycles. The smallest absolute Gasteiger partial charge is 0.122 e. The highest BCUT2D eigenvalue weighted by Gasteiger charge is 2.37. The van der Waals surface area contributed by atoms with Gasteiger partial charge in [-0.05, 0) is 29.2 Å². The normalized spacial score (nSPS) is 23.2. The summed E-state index contributed by atoms with van der Waals surface area (Å²) in [5.41, 5.74) is 4.19. The van der Waals surface area contributed by atoms with Crippen LogP contribution in [0.1, 0.15) is 29.0 Å². The first-order valence-electron chi connectivity index (χ1n) is 7.43. The third-order valence-corrected chi connectivity index (χ3v) is 4.34. The number of fused-ring (bicyclic) bond motifs is 1. The van der Waals surface area contributed by atoms with Gasteiger partial charge in [0.2, 0.25) is 0 Å². The fourth-order valence-electron chi connectivity index (χ4n) is 3.09. The molecule has 102 valence electrons. The Morgan fingerprint density at radius 2 is 2.00 bits per heavy atom. The average molecular weight is 265 g/mol. The number of hydrogen-bond donors (Lipinski definition) is 1. The molecule has 2 atom stereocenters. The molecule has 1 unspecified atom stereocenters. The average Bonchev–Trinajstić information content (AvgIpc) is 3.13. The van der Waals surface area contributed by atoms with E-state index in [1.807, 2.05) is 0 Å². The summed E-state index contributed by atoms with van der Waals surface area (Å²) >= 11 is 0. The maximum Gasteiger partial charge on any atom is 0.122 e. The van der Waals surface area contributed by atoms with Crippen LogP contribution in [-0.2, 0) is 13.0 Å². The van der Waals surface area contributed by atoms with E-state index in [0.29, 0.717) is 12.0 Å². The second-order valence-electron chi connectivity index (χ2n) is 5.78. The van der Waals surface area contributed by atoms with E-state index < -0.39 is 0 Å². The van der Waals surface area contributed by atoms with E-state index in [1.165, 1.54) is 23.1 Å². The van der Waals surface area contributed by atoms with Crippen LogP contribution in [-0.4, -0.2) is 12.6 Å². The first-order chi connectivity index (χ1) is 9.90. The summed E-state index contributed by atoms with van der Waals surface area (Å²) in [4.78, 5) is 0. The van der Waals surface area contributed by atoms with E-state index in [4.69, 9.17) is 4.74 Å². The molecule has 2 aromatic carbocycles. The van der Waals surface area contributed by atoms with E-state index in [0.717, 1.165) is 25.3 Å². The lowest BCUT2D eigenvalue weighted by Gasteiger charge is -2.06. The Labute approximate surface area is 119 Å². The molecule has 0 aromatic heterocycles. The van der Waals surface area contributed by atoms with Crippen molar-refractivity contribution in [2.75, 3.05) is 6.61 Å². The van der Waals surface area contributed by atoms with Crippen LogP contribution in [0.15, 0.2) is 48.5 Å². The molecule has 2 aliphatic rings. The first kappa shape index (κ1) is 12.0. The van der Waals surface area contributed by atoms with Gasteiger partial charge >= 0.3 is 0 Å². The SMILES string of the molecule is c1ccc(C2C[C@@H]2NCc2ccc3c(c2)CCO3)cc1. The van der Waals surface area contributed by atoms with Crippen molar-refractivity contribution in [3.8, 4) is 5.75 Å². The van der Waals surface area contributed by atoms with E-state index in [2.05, 4.69) is 53.8 Å². The highest BCUT2D eigenvalue weighted by Crippen LogP contribution is 2.40. The number of benzene rings is 2. The van der Waals surface area contributed by atoms with Gasteiger partial charge in [-0.1, -0.05) is 42.5 Å². The summed E-state index contributed by atoms with van der Waals surface area (Å²) in [5.74, 6) is 1.77. The largest absolute Gasteiger partial charge is 0.493 e. The topological polar surface area (TPSA) is 21.3 Å². The Bertz CT molecular complexity index is 608. The summed E-state index contributed by atoms with van der Waals surface area (Å²) in [5, 5.41) is 3.67. The zero-order chi connectivity index (χ0) is 13.4. The van der Waals surface area contributed by atoms with Crippen molar-refractivity contribution in [1.82, 2.24) is 5.32 Å². The van der Waals surface area contributed by atoms with E-state index in [-0.39, 0.29) is 0 Å². The molecule has 4 rings (SSSR count). The van der Waals surface area contributed by atoms with Gasteiger partial charge in [0.15, 0.2) is 0 Å². The molecule has 2 aromatic rings. The second kappa shape index (κ2) is 4.95. The van der Waals surface area contributed by atoms with Gasteiger partial charge in [-0.2, -0.15) is 0 Å². The molecule has 0 saturated heterocycles. The predicted molar refractivity (Wildman–Crippen MR) is 80.1 cm³/mol. The number of nitrogens with one attached hydrogen (secondary N) is 1. The summed E-state index contributed by atoms with van der Waals surface area (Å²) in [7, 11) is 0. The van der Waals surface area contributed by atoms with E-state index in [1.54, 1.807) is 0 Å². The van der Waals surface area contributed by atoms with Crippen LogP contribution in [0, 0.1) is 0 Å². The highest BCUT2D eigenvalue weighted by molar-refractivity contribution is 5.40. The maximum absolute atomic E-state index is 5.55. The highest BCUT2D eigenvalue weighted by atomic mass is 16.5. The van der Waals surface area contributed by atoms with Crippen LogP contribution in [0.3, 0.4) is 0 Å². The number of rotatable bonds is 4. The van der Waals surface area contributed by atoms with Crippen molar-refractivity contribution in [1.29, 1.82) is 0 Å². The van der Waals surface area contributed by atoms with Crippen molar-refractivity contribution in [2.45, 2.75) is 31.3 Å². The van der Waals surface area contributed by atoms with Crippen LogP contribution in [0.4, 0.5) is 0 Å². The number of hydrogen-bond acceptors (Lipinski definition) is 2. The Hall–Kier alpha value is -1.80. The van der Waals surface area contributed by atoms with Crippen LogP contribution in [0.5, 0.6) is 5.75 Å². The summed E-state index contributed by atoms with van der Waals surface area (Å²) in [6.07, 6.45) is 2.32. The summed E-state index contributed by atoms with van der Waals surface area (Å²) in [6, 6.07) is 18.0. The minimum atomic E-state index is 0.641. The Balaban J connectivity index is 1.36. The lowest BCUT2D eigenvalue weighted by atomic mass is 10.1. The molecule has 0 amide bonds. The third-order valence-electron chi connectivity index (χ3n) is 4.34. The zero-order valence-corrected chi connectivity index (χ0v) is 11.5. The summed E-state index contributed by atoms with van der Waals surface area (Å²) < 4.78 is 5.55. The van der Waals surface area contributed by atoms with Crippen LogP contribution in [0.25, 0.3) is 0 Å². The molecule has 1 saturated carbocycles. The van der Waals surface area contributed by atoms with Crippen molar-refractivity contribution >= 4 is 0 Å². The van der Waals surface area contributed by atoms with E-state index >= 15 is 0 Å². The second-order valence-corrected chi connectivity index (χ2v) is 5.78. The molecule has 1 N–H and O–H groups in total. The zero-order valence-electron chi connectivity index (χ0n) is 11.5. The third kappa shape index (κ3) is 2.32. The molecule has 2 nitrogen and oxygen atoms in total. The van der Waals surface area contributed by atoms with Gasteiger partial charge in [-0.3, -0.25) is 0 Å². The van der Waals surface area contributed by atoms with Gasteiger partial charge in [-0.25, -0.2) is 0 Å². The Morgan fingerprint density at radius 3 is 2.90 bits per heavy atom. The molecule has 0 radical (unpaired) electrons. The summed E-state index contributed by atoms with van der Waals surface area (Å²) in [6.45, 7) is 1.80. The van der Waals surface area contributed by atoms with Crippen LogP contribution < -0.4 is 10.1 Å². The molecule has 1 aliphatic heterocycles. The van der Waals surface area contributed by atoms with Crippen LogP contribution in [0.2, 0.25) is 0 Å². The van der Waals surface area contributed by atoms with Gasteiger partial charge in [0.1, 0.15) is 5.75 Å². The minimum Gasteiger partial charge on any atom is -0.493 e. The van der Waals surface area contributed by atoms with Gasteiger partial charge in [0.25, 0.3) is 0 Å². The van der Waals surface area contributed by atoms with Gasteiger partial charge in [0, 0.05) is 24.9 Å². The molecule has 1 aliphatic carbocycles. The molecule has 2 heteroatoms. The van der Waals surface area contributed by atoms with Crippen molar-refractivity contribution in [3.05, 3.63) is 65.2 Å². The fraction of sp³-hybridized carbons (Fsp3) is 0.333. The van der Waals surface area contributed by atoms with Gasteiger partial charge < -0.3 is 10.1 Å². The van der Waals surface area contributed by atoms with Crippen molar-refractivity contribution < 1.29 is 4.74 Å². The molecule has 0 spiro atoms. The predicted octanol–water partition coefficient (Wildman–Crippen LogP) is 3.27. The standard InChI is InChI=1S/C18H19NO/c1-2-4-14(5-3-1)16-11-17(16)19-12-13-6-7-18-15(10-13)8-9-20-18/h1-7,10,16-17,19H,8-9,11-12H2/t16?,17-/m0/s1. The van der Waals surface area contributed by atoms with Gasteiger partial charge in [0.05, 0.1) is 6.61 Å². The van der Waals surface area contributed by atoms with Crippen molar-refractivity contribution in [3.63, 3.8) is 0 Å². The maximum atomic E-state index is 5.55. The Kier molecular flexibility index (Phi) is 2.96. The molecule has 20 heavy (non-hydrogen) atoms. The molecular formula is C18H19NO. The van der Waals surface area contributed by atoms with E-state index in [9.17, 15) is 0 Å². The number of ether oxygens (including phenoxy) is 1. The van der Waals surface area contributed by atoms with Gasteiger partial charge in [-0.15, -0.1) is 0 Å². The minimum absolute atomic E-state index is 0.641. The quantitative estimate of drug-likeness (QED) is 0.916. The lowest BCUT2D eigenvalue weighted by molar-refractivity contribution is 0.357. The molecule has 1 fully saturated rings. The monoisotopic (exact) mass is 265 g/mol. The Morgan fingerprint density at radius 1 is 1.10 bits per heavy atom. The first-order valence-corrected chi connectivity index (χ1v) is 7.43. The lowest BCUT2D eigenvalue weighted by Crippen LogP contribution is -2.17. The van der Waals surface area contributed by atoms with Crippen molar-refractivity contribution in [2.24, 2.45) is 0 Å². The molecular weight excluding hydrogens is 246 g/mol. The van der Waals surface area contributed by atoms with Crippen LogP contribution >= 0.6 is 0 Å².